The monoisotopic (exact) mass is 213 g/mol. The largest absolute Gasteiger partial charge is 0.477 e. The Bertz CT molecular complexity index is 410. The van der Waals surface area contributed by atoms with Gasteiger partial charge >= 0.3 is 12.1 Å². The van der Waals surface area contributed by atoms with Gasteiger partial charge in [0, 0.05) is 7.05 Å². The first-order chi connectivity index (χ1) is 6.97. The Morgan fingerprint density at radius 1 is 1.53 bits per heavy atom. The van der Waals surface area contributed by atoms with Crippen LogP contribution in [0.5, 0.6) is 0 Å². The van der Waals surface area contributed by atoms with Crippen molar-refractivity contribution in [2.45, 2.75) is 6.92 Å². The van der Waals surface area contributed by atoms with Crippen LogP contribution in [0.4, 0.5) is 10.6 Å². The quantitative estimate of drug-likeness (QED) is 0.750. The fourth-order valence-corrected chi connectivity index (χ4v) is 1.21. The van der Waals surface area contributed by atoms with Crippen molar-refractivity contribution in [3.63, 3.8) is 0 Å². The number of aryl methyl sites for hydroxylation is 2. The van der Waals surface area contributed by atoms with E-state index in [-0.39, 0.29) is 11.4 Å². The highest BCUT2D eigenvalue weighted by Crippen LogP contribution is 2.18. The molecule has 0 aliphatic rings. The number of hydrogen-bond acceptors (Lipinski definition) is 4. The molecule has 0 saturated heterocycles. The molecule has 0 aliphatic carbocycles. The lowest BCUT2D eigenvalue weighted by Crippen LogP contribution is -2.16. The molecule has 0 unspecified atom stereocenters. The van der Waals surface area contributed by atoms with Crippen molar-refractivity contribution >= 4 is 17.9 Å². The van der Waals surface area contributed by atoms with Crippen LogP contribution in [0.3, 0.4) is 0 Å². The summed E-state index contributed by atoms with van der Waals surface area (Å²) in [6.45, 7) is 1.55. The third kappa shape index (κ3) is 2.06. The minimum absolute atomic E-state index is 0.0390. The van der Waals surface area contributed by atoms with Gasteiger partial charge in [0.2, 0.25) is 0 Å². The Balaban J connectivity index is 3.15. The van der Waals surface area contributed by atoms with Gasteiger partial charge in [-0.05, 0) is 6.92 Å². The number of amides is 1. The van der Waals surface area contributed by atoms with Gasteiger partial charge in [-0.25, -0.2) is 9.59 Å². The van der Waals surface area contributed by atoms with Crippen LogP contribution in [0.25, 0.3) is 0 Å². The topological polar surface area (TPSA) is 93.4 Å². The Morgan fingerprint density at radius 2 is 2.13 bits per heavy atom. The van der Waals surface area contributed by atoms with E-state index in [9.17, 15) is 9.59 Å². The summed E-state index contributed by atoms with van der Waals surface area (Å²) in [5.74, 6) is -1.04. The normalized spacial score (nSPS) is 9.80. The molecule has 0 fully saturated rings. The van der Waals surface area contributed by atoms with Gasteiger partial charge < -0.3 is 9.84 Å². The van der Waals surface area contributed by atoms with E-state index in [0.717, 1.165) is 0 Å². The summed E-state index contributed by atoms with van der Waals surface area (Å²) in [6.07, 6.45) is -0.736. The predicted octanol–water partition coefficient (Wildman–Crippen LogP) is 0.605. The maximum atomic E-state index is 11.0. The Labute approximate surface area is 85.6 Å². The fourth-order valence-electron chi connectivity index (χ4n) is 1.21. The van der Waals surface area contributed by atoms with Crippen LogP contribution in [0.2, 0.25) is 0 Å². The van der Waals surface area contributed by atoms with E-state index in [1.807, 2.05) is 0 Å². The summed E-state index contributed by atoms with van der Waals surface area (Å²) in [7, 11) is 2.73. The van der Waals surface area contributed by atoms with E-state index in [1.165, 1.54) is 18.8 Å². The lowest BCUT2D eigenvalue weighted by Gasteiger charge is -2.04. The number of rotatable bonds is 2. The second-order valence-corrected chi connectivity index (χ2v) is 2.85. The first kappa shape index (κ1) is 11.0. The second-order valence-electron chi connectivity index (χ2n) is 2.85. The van der Waals surface area contributed by atoms with Gasteiger partial charge in [0.25, 0.3) is 0 Å². The van der Waals surface area contributed by atoms with Gasteiger partial charge in [0.15, 0.2) is 0 Å². The van der Waals surface area contributed by atoms with Crippen LogP contribution in [-0.4, -0.2) is 34.1 Å². The number of hydrogen-bond donors (Lipinski definition) is 2. The zero-order valence-corrected chi connectivity index (χ0v) is 8.57. The number of nitrogens with one attached hydrogen (secondary N) is 1. The van der Waals surface area contributed by atoms with Gasteiger partial charge in [0.1, 0.15) is 11.4 Å². The maximum Gasteiger partial charge on any atom is 0.412 e. The molecule has 1 aromatic rings. The average molecular weight is 213 g/mol. The number of methoxy groups -OCH3 is 1. The van der Waals surface area contributed by atoms with Crippen LogP contribution >= 0.6 is 0 Å². The van der Waals surface area contributed by atoms with Crippen LogP contribution < -0.4 is 5.32 Å². The number of aromatic nitrogens is 2. The van der Waals surface area contributed by atoms with E-state index in [0.29, 0.717) is 5.69 Å². The number of nitrogens with zero attached hydrogens (tertiary/aromatic N) is 2. The van der Waals surface area contributed by atoms with Crippen molar-refractivity contribution < 1.29 is 19.4 Å². The minimum atomic E-state index is -1.15. The van der Waals surface area contributed by atoms with Crippen LogP contribution in [0.1, 0.15) is 16.1 Å². The SMILES string of the molecule is COC(=O)Nc1c(C(=O)O)c(C)nn1C. The molecule has 7 nitrogen and oxygen atoms in total. The third-order valence-corrected chi connectivity index (χ3v) is 1.84. The molecule has 1 amide bonds. The summed E-state index contributed by atoms with van der Waals surface area (Å²) in [5, 5.41) is 15.1. The standard InChI is InChI=1S/C8H11N3O4/c1-4-5(7(12)13)6(11(2)10-4)9-8(14)15-3/h1-3H3,(H,9,14)(H,12,13). The highest BCUT2D eigenvalue weighted by atomic mass is 16.5. The molecule has 0 aromatic carbocycles. The molecule has 0 bridgehead atoms. The van der Waals surface area contributed by atoms with E-state index in [1.54, 1.807) is 6.92 Å². The number of carboxylic acid groups (broad SMARTS) is 1. The number of carbonyl (C=O) groups excluding carboxylic acids is 1. The zero-order chi connectivity index (χ0) is 11.6. The number of aromatic carboxylic acids is 1. The Morgan fingerprint density at radius 3 is 2.60 bits per heavy atom. The zero-order valence-electron chi connectivity index (χ0n) is 8.57. The summed E-state index contributed by atoms with van der Waals surface area (Å²) < 4.78 is 5.64. The Kier molecular flexibility index (Phi) is 2.93. The molecular weight excluding hydrogens is 202 g/mol. The lowest BCUT2D eigenvalue weighted by atomic mass is 10.2. The molecule has 0 radical (unpaired) electrons. The van der Waals surface area contributed by atoms with Gasteiger partial charge in [0.05, 0.1) is 12.8 Å². The lowest BCUT2D eigenvalue weighted by molar-refractivity contribution is 0.0697. The van der Waals surface area contributed by atoms with Crippen molar-refractivity contribution in [1.29, 1.82) is 0 Å². The first-order valence-electron chi connectivity index (χ1n) is 4.09. The van der Waals surface area contributed by atoms with Crippen molar-refractivity contribution in [3.05, 3.63) is 11.3 Å². The number of ether oxygens (including phenoxy) is 1. The van der Waals surface area contributed by atoms with Gasteiger partial charge in [-0.3, -0.25) is 10.00 Å². The van der Waals surface area contributed by atoms with Crippen LogP contribution in [0, 0.1) is 6.92 Å². The number of carboxylic acids is 1. The van der Waals surface area contributed by atoms with Crippen LogP contribution in [0.15, 0.2) is 0 Å². The van der Waals surface area contributed by atoms with Gasteiger partial charge in [-0.15, -0.1) is 0 Å². The van der Waals surface area contributed by atoms with Gasteiger partial charge in [-0.2, -0.15) is 5.10 Å². The van der Waals surface area contributed by atoms with E-state index < -0.39 is 12.1 Å². The highest BCUT2D eigenvalue weighted by Gasteiger charge is 2.21. The smallest absolute Gasteiger partial charge is 0.412 e. The van der Waals surface area contributed by atoms with Crippen molar-refractivity contribution in [1.82, 2.24) is 9.78 Å². The predicted molar refractivity (Wildman–Crippen MR) is 50.9 cm³/mol. The van der Waals surface area contributed by atoms with E-state index in [2.05, 4.69) is 15.2 Å². The molecule has 82 valence electrons. The first-order valence-corrected chi connectivity index (χ1v) is 4.09. The van der Waals surface area contributed by atoms with E-state index in [4.69, 9.17) is 5.11 Å². The van der Waals surface area contributed by atoms with Crippen LogP contribution in [-0.2, 0) is 11.8 Å². The van der Waals surface area contributed by atoms with Crippen molar-refractivity contribution in [3.8, 4) is 0 Å². The molecule has 7 heteroatoms. The third-order valence-electron chi connectivity index (χ3n) is 1.84. The fraction of sp³-hybridized carbons (Fsp3) is 0.375. The molecule has 0 spiro atoms. The van der Waals surface area contributed by atoms with Crippen molar-refractivity contribution in [2.24, 2.45) is 7.05 Å². The van der Waals surface area contributed by atoms with E-state index >= 15 is 0 Å². The van der Waals surface area contributed by atoms with Crippen molar-refractivity contribution in [2.75, 3.05) is 12.4 Å². The summed E-state index contributed by atoms with van der Waals surface area (Å²) >= 11 is 0. The second kappa shape index (κ2) is 3.99. The molecule has 2 N–H and O–H groups in total. The summed E-state index contributed by atoms with van der Waals surface area (Å²) in [6, 6.07) is 0. The highest BCUT2D eigenvalue weighted by molar-refractivity contribution is 5.98. The molecule has 0 saturated carbocycles. The average Bonchev–Trinajstić information content (AvgIpc) is 2.41. The van der Waals surface area contributed by atoms with Gasteiger partial charge in [-0.1, -0.05) is 0 Å². The Hall–Kier alpha value is -2.05. The molecule has 0 aliphatic heterocycles. The molecule has 15 heavy (non-hydrogen) atoms. The number of carbonyl (C=O) groups is 2. The molecule has 0 atom stereocenters. The minimum Gasteiger partial charge on any atom is -0.477 e. The summed E-state index contributed by atoms with van der Waals surface area (Å²) in [5.41, 5.74) is 0.291. The maximum absolute atomic E-state index is 11.0. The molecule has 1 aromatic heterocycles. The number of anilines is 1. The molecule has 1 heterocycles. The molecule has 1 rings (SSSR count). The molecular formula is C8H11N3O4. The summed E-state index contributed by atoms with van der Waals surface area (Å²) in [4.78, 5) is 21.8.